The van der Waals surface area contributed by atoms with E-state index in [1.807, 2.05) is 24.3 Å². The van der Waals surface area contributed by atoms with Gasteiger partial charge in [0.1, 0.15) is 0 Å². The third kappa shape index (κ3) is 3.76. The van der Waals surface area contributed by atoms with Crippen molar-refractivity contribution in [2.75, 3.05) is 0 Å². The molecule has 0 aliphatic rings. The Morgan fingerprint density at radius 3 is 2.21 bits per heavy atom. The number of nitrogens with zero attached hydrogens (tertiary/aromatic N) is 1. The van der Waals surface area contributed by atoms with Crippen molar-refractivity contribution in [2.45, 2.75) is 19.3 Å². The molecule has 0 aliphatic heterocycles. The monoisotopic (exact) mass is 367 g/mol. The number of benzene rings is 2. The minimum atomic E-state index is -0.304. The predicted octanol–water partition coefficient (Wildman–Crippen LogP) is 4.37. The van der Waals surface area contributed by atoms with Crippen LogP contribution in [0, 0.1) is 13.7 Å². The summed E-state index contributed by atoms with van der Waals surface area (Å²) in [7, 11) is 0. The van der Waals surface area contributed by atoms with E-state index in [1.54, 1.807) is 12.1 Å². The first kappa shape index (κ1) is 14.0. The van der Waals surface area contributed by atoms with Gasteiger partial charge < -0.3 is 0 Å². The fourth-order valence-corrected chi connectivity index (χ4v) is 2.73. The lowest BCUT2D eigenvalue weighted by atomic mass is 10.0. The standard InChI is InChI=1S/C15H14INO2/c16-14-10-3-1-6-12(14)8-5-9-13-7-2-4-11-15(13)17(18)19/h1-4,6-7,10-11H,5,8-9H2. The summed E-state index contributed by atoms with van der Waals surface area (Å²) in [5.74, 6) is 0. The maximum absolute atomic E-state index is 10.9. The van der Waals surface area contributed by atoms with Gasteiger partial charge in [-0.3, -0.25) is 10.1 Å². The van der Waals surface area contributed by atoms with Gasteiger partial charge in [0.25, 0.3) is 5.69 Å². The van der Waals surface area contributed by atoms with Crippen LogP contribution in [0.3, 0.4) is 0 Å². The number of rotatable bonds is 5. The second kappa shape index (κ2) is 6.65. The summed E-state index contributed by atoms with van der Waals surface area (Å²) in [5, 5.41) is 10.9. The second-order valence-corrected chi connectivity index (χ2v) is 5.49. The number of hydrogen-bond acceptors (Lipinski definition) is 2. The Labute approximate surface area is 125 Å². The molecule has 4 heteroatoms. The molecule has 0 bridgehead atoms. The number of hydrogen-bond donors (Lipinski definition) is 0. The van der Waals surface area contributed by atoms with Crippen LogP contribution in [-0.2, 0) is 12.8 Å². The molecule has 0 aromatic heterocycles. The summed E-state index contributed by atoms with van der Waals surface area (Å²) < 4.78 is 1.25. The van der Waals surface area contributed by atoms with E-state index < -0.39 is 0 Å². The van der Waals surface area contributed by atoms with E-state index in [4.69, 9.17) is 0 Å². The number of para-hydroxylation sites is 1. The molecule has 0 aliphatic carbocycles. The van der Waals surface area contributed by atoms with Crippen LogP contribution in [0.15, 0.2) is 48.5 Å². The van der Waals surface area contributed by atoms with Crippen molar-refractivity contribution in [1.29, 1.82) is 0 Å². The summed E-state index contributed by atoms with van der Waals surface area (Å²) >= 11 is 2.32. The normalized spacial score (nSPS) is 10.4. The summed E-state index contributed by atoms with van der Waals surface area (Å²) in [6.45, 7) is 0. The molecule has 2 rings (SSSR count). The van der Waals surface area contributed by atoms with E-state index in [0.717, 1.165) is 24.8 Å². The molecule has 2 aromatic rings. The highest BCUT2D eigenvalue weighted by molar-refractivity contribution is 14.1. The van der Waals surface area contributed by atoms with Gasteiger partial charge in [-0.1, -0.05) is 36.4 Å². The Balaban J connectivity index is 2.00. The largest absolute Gasteiger partial charge is 0.272 e. The van der Waals surface area contributed by atoms with Gasteiger partial charge in [0.2, 0.25) is 0 Å². The summed E-state index contributed by atoms with van der Waals surface area (Å²) in [5.41, 5.74) is 2.35. The molecule has 0 fully saturated rings. The minimum absolute atomic E-state index is 0.227. The first-order valence-corrected chi connectivity index (χ1v) is 7.22. The number of aryl methyl sites for hydroxylation is 2. The van der Waals surface area contributed by atoms with Crippen molar-refractivity contribution < 1.29 is 4.92 Å². The minimum Gasteiger partial charge on any atom is -0.258 e. The molecular weight excluding hydrogens is 353 g/mol. The fourth-order valence-electron chi connectivity index (χ4n) is 2.07. The first-order chi connectivity index (χ1) is 9.18. The maximum atomic E-state index is 10.9. The van der Waals surface area contributed by atoms with Crippen molar-refractivity contribution in [1.82, 2.24) is 0 Å². The van der Waals surface area contributed by atoms with E-state index >= 15 is 0 Å². The highest BCUT2D eigenvalue weighted by atomic mass is 127. The van der Waals surface area contributed by atoms with Crippen molar-refractivity contribution in [2.24, 2.45) is 0 Å². The zero-order valence-corrected chi connectivity index (χ0v) is 12.5. The molecule has 0 unspecified atom stereocenters. The molecule has 0 atom stereocenters. The Kier molecular flexibility index (Phi) is 4.90. The van der Waals surface area contributed by atoms with Gasteiger partial charge in [0.15, 0.2) is 0 Å². The molecule has 98 valence electrons. The van der Waals surface area contributed by atoms with Crippen LogP contribution in [0.5, 0.6) is 0 Å². The van der Waals surface area contributed by atoms with Crippen LogP contribution in [0.2, 0.25) is 0 Å². The van der Waals surface area contributed by atoms with Gasteiger partial charge in [-0.15, -0.1) is 0 Å². The van der Waals surface area contributed by atoms with E-state index in [0.29, 0.717) is 0 Å². The number of halogens is 1. The summed E-state index contributed by atoms with van der Waals surface area (Å²) in [4.78, 5) is 10.6. The van der Waals surface area contributed by atoms with Gasteiger partial charge in [-0.25, -0.2) is 0 Å². The van der Waals surface area contributed by atoms with Gasteiger partial charge in [-0.05, 0) is 53.5 Å². The van der Waals surface area contributed by atoms with Gasteiger partial charge >= 0.3 is 0 Å². The topological polar surface area (TPSA) is 43.1 Å². The zero-order valence-electron chi connectivity index (χ0n) is 10.4. The molecule has 3 nitrogen and oxygen atoms in total. The lowest BCUT2D eigenvalue weighted by Gasteiger charge is -2.05. The van der Waals surface area contributed by atoms with Crippen molar-refractivity contribution in [3.8, 4) is 0 Å². The predicted molar refractivity (Wildman–Crippen MR) is 84.3 cm³/mol. The van der Waals surface area contributed by atoms with Crippen LogP contribution in [-0.4, -0.2) is 4.92 Å². The average Bonchev–Trinajstić information content (AvgIpc) is 2.41. The van der Waals surface area contributed by atoms with Crippen LogP contribution >= 0.6 is 22.6 Å². The van der Waals surface area contributed by atoms with Crippen LogP contribution in [0.4, 0.5) is 5.69 Å². The molecule has 0 spiro atoms. The molecule has 0 radical (unpaired) electrons. The summed E-state index contributed by atoms with van der Waals surface area (Å²) in [6.07, 6.45) is 2.61. The van der Waals surface area contributed by atoms with Gasteiger partial charge in [0, 0.05) is 15.2 Å². The zero-order chi connectivity index (χ0) is 13.7. The fraction of sp³-hybridized carbons (Fsp3) is 0.200. The Morgan fingerprint density at radius 2 is 1.53 bits per heavy atom. The average molecular weight is 367 g/mol. The first-order valence-electron chi connectivity index (χ1n) is 6.14. The lowest BCUT2D eigenvalue weighted by Crippen LogP contribution is -1.97. The molecule has 0 N–H and O–H groups in total. The van der Waals surface area contributed by atoms with Crippen molar-refractivity contribution >= 4 is 28.3 Å². The third-order valence-corrected chi connectivity index (χ3v) is 4.09. The van der Waals surface area contributed by atoms with E-state index in [1.165, 1.54) is 9.13 Å². The molecule has 0 saturated carbocycles. The highest BCUT2D eigenvalue weighted by Crippen LogP contribution is 2.21. The number of nitro benzene ring substituents is 1. The molecule has 0 saturated heterocycles. The molecule has 0 heterocycles. The van der Waals surface area contributed by atoms with Crippen LogP contribution in [0.1, 0.15) is 17.5 Å². The van der Waals surface area contributed by atoms with E-state index in [9.17, 15) is 10.1 Å². The molecule has 19 heavy (non-hydrogen) atoms. The number of nitro groups is 1. The molecular formula is C15H14INO2. The highest BCUT2D eigenvalue weighted by Gasteiger charge is 2.11. The van der Waals surface area contributed by atoms with E-state index in [-0.39, 0.29) is 10.6 Å². The van der Waals surface area contributed by atoms with Gasteiger partial charge in [0.05, 0.1) is 4.92 Å². The van der Waals surface area contributed by atoms with Crippen LogP contribution in [0.25, 0.3) is 0 Å². The lowest BCUT2D eigenvalue weighted by molar-refractivity contribution is -0.385. The quantitative estimate of drug-likeness (QED) is 0.447. The smallest absolute Gasteiger partial charge is 0.258 e. The SMILES string of the molecule is O=[N+]([O-])c1ccccc1CCCc1ccccc1I. The Bertz CT molecular complexity index is 584. The van der Waals surface area contributed by atoms with Gasteiger partial charge in [-0.2, -0.15) is 0 Å². The van der Waals surface area contributed by atoms with Crippen molar-refractivity contribution in [3.63, 3.8) is 0 Å². The Hall–Kier alpha value is -1.43. The Morgan fingerprint density at radius 1 is 0.947 bits per heavy atom. The molecule has 2 aromatic carbocycles. The van der Waals surface area contributed by atoms with Crippen molar-refractivity contribution in [3.05, 3.63) is 73.3 Å². The maximum Gasteiger partial charge on any atom is 0.272 e. The third-order valence-electron chi connectivity index (χ3n) is 3.04. The van der Waals surface area contributed by atoms with E-state index in [2.05, 4.69) is 34.7 Å². The summed E-state index contributed by atoms with van der Waals surface area (Å²) in [6, 6.07) is 15.2. The van der Waals surface area contributed by atoms with Crippen LogP contribution < -0.4 is 0 Å². The second-order valence-electron chi connectivity index (χ2n) is 4.33. The molecule has 0 amide bonds.